The fraction of sp³-hybridized carbons (Fsp3) is 0.143. The van der Waals surface area contributed by atoms with Crippen molar-refractivity contribution in [2.24, 2.45) is 0 Å². The third-order valence-corrected chi connectivity index (χ3v) is 5.37. The molecule has 3 nitrogen and oxygen atoms in total. The lowest BCUT2D eigenvalue weighted by Crippen LogP contribution is -2.30. The molecular formula is C21H19NO2S2. The van der Waals surface area contributed by atoms with Crippen LogP contribution in [0.25, 0.3) is 6.08 Å². The van der Waals surface area contributed by atoms with E-state index in [1.807, 2.05) is 67.6 Å². The van der Waals surface area contributed by atoms with Crippen LogP contribution in [0.2, 0.25) is 0 Å². The summed E-state index contributed by atoms with van der Waals surface area (Å²) >= 11 is 6.80. The summed E-state index contributed by atoms with van der Waals surface area (Å²) in [5.74, 6) is 0.718. The SMILES string of the molecule is C=CCOc1ccc(/C=C2\SC(=S)N([C@@H](C)c3ccccc3)C2=O)cc1. The van der Waals surface area contributed by atoms with E-state index in [9.17, 15) is 4.79 Å². The van der Waals surface area contributed by atoms with E-state index in [-0.39, 0.29) is 11.9 Å². The molecule has 1 amide bonds. The van der Waals surface area contributed by atoms with E-state index < -0.39 is 0 Å². The van der Waals surface area contributed by atoms with E-state index in [2.05, 4.69) is 6.58 Å². The maximum Gasteiger partial charge on any atom is 0.266 e. The minimum absolute atomic E-state index is 0.0525. The number of amides is 1. The highest BCUT2D eigenvalue weighted by atomic mass is 32.2. The molecule has 1 fully saturated rings. The first-order valence-electron chi connectivity index (χ1n) is 8.26. The number of benzene rings is 2. The van der Waals surface area contributed by atoms with Crippen LogP contribution in [0.3, 0.4) is 0 Å². The molecule has 0 saturated carbocycles. The molecule has 1 saturated heterocycles. The van der Waals surface area contributed by atoms with Gasteiger partial charge in [-0.05, 0) is 36.3 Å². The maximum absolute atomic E-state index is 12.9. The van der Waals surface area contributed by atoms with Gasteiger partial charge in [0.1, 0.15) is 16.7 Å². The van der Waals surface area contributed by atoms with Gasteiger partial charge >= 0.3 is 0 Å². The van der Waals surface area contributed by atoms with Crippen LogP contribution < -0.4 is 4.74 Å². The number of nitrogens with zero attached hydrogens (tertiary/aromatic N) is 1. The van der Waals surface area contributed by atoms with Gasteiger partial charge in [-0.3, -0.25) is 9.69 Å². The number of hydrogen-bond donors (Lipinski definition) is 0. The molecular weight excluding hydrogens is 362 g/mol. The van der Waals surface area contributed by atoms with Gasteiger partial charge < -0.3 is 4.74 Å². The molecule has 0 bridgehead atoms. The minimum Gasteiger partial charge on any atom is -0.490 e. The van der Waals surface area contributed by atoms with Crippen molar-refractivity contribution in [1.29, 1.82) is 0 Å². The summed E-state index contributed by atoms with van der Waals surface area (Å²) in [6.45, 7) is 6.09. The summed E-state index contributed by atoms with van der Waals surface area (Å²) in [6.07, 6.45) is 3.57. The van der Waals surface area contributed by atoms with E-state index in [0.717, 1.165) is 16.9 Å². The lowest BCUT2D eigenvalue weighted by molar-refractivity contribution is -0.123. The van der Waals surface area contributed by atoms with Crippen molar-refractivity contribution in [3.05, 3.63) is 83.3 Å². The van der Waals surface area contributed by atoms with Crippen LogP contribution in [0.15, 0.2) is 72.2 Å². The fourth-order valence-corrected chi connectivity index (χ4v) is 4.08. The van der Waals surface area contributed by atoms with E-state index >= 15 is 0 Å². The molecule has 0 aliphatic carbocycles. The Bertz CT molecular complexity index is 844. The van der Waals surface area contributed by atoms with Gasteiger partial charge in [0, 0.05) is 0 Å². The van der Waals surface area contributed by atoms with Crippen molar-refractivity contribution in [1.82, 2.24) is 4.90 Å². The van der Waals surface area contributed by atoms with Gasteiger partial charge in [0.25, 0.3) is 5.91 Å². The average Bonchev–Trinajstić information content (AvgIpc) is 2.94. The molecule has 0 radical (unpaired) electrons. The fourth-order valence-electron chi connectivity index (χ4n) is 2.66. The number of carbonyl (C=O) groups is 1. The summed E-state index contributed by atoms with van der Waals surface area (Å²) < 4.78 is 6.06. The molecule has 1 aliphatic heterocycles. The Morgan fingerprint density at radius 1 is 1.19 bits per heavy atom. The molecule has 0 N–H and O–H groups in total. The summed E-state index contributed by atoms with van der Waals surface area (Å²) in [6, 6.07) is 17.4. The van der Waals surface area contributed by atoms with Crippen molar-refractivity contribution in [3.8, 4) is 5.75 Å². The number of rotatable bonds is 6. The first kappa shape index (κ1) is 18.4. The Morgan fingerprint density at radius 3 is 2.54 bits per heavy atom. The van der Waals surface area contributed by atoms with Gasteiger partial charge in [-0.1, -0.05) is 79.1 Å². The third-order valence-electron chi connectivity index (χ3n) is 4.04. The Morgan fingerprint density at radius 2 is 1.88 bits per heavy atom. The smallest absolute Gasteiger partial charge is 0.266 e. The quantitative estimate of drug-likeness (QED) is 0.390. The van der Waals surface area contributed by atoms with E-state index in [4.69, 9.17) is 17.0 Å². The standard InChI is InChI=1S/C21H19NO2S2/c1-3-13-24-18-11-9-16(10-12-18)14-19-20(23)22(21(25)26-19)15(2)17-7-5-4-6-8-17/h3-12,14-15H,1,13H2,2H3/b19-14-/t15-/m0/s1. The second kappa shape index (κ2) is 8.34. The molecule has 5 heteroatoms. The molecule has 3 rings (SSSR count). The summed E-state index contributed by atoms with van der Waals surface area (Å²) in [5, 5.41) is 0. The molecule has 26 heavy (non-hydrogen) atoms. The Labute approximate surface area is 163 Å². The van der Waals surface area contributed by atoms with Gasteiger partial charge in [-0.15, -0.1) is 0 Å². The first-order chi connectivity index (χ1) is 12.6. The summed E-state index contributed by atoms with van der Waals surface area (Å²) in [7, 11) is 0. The summed E-state index contributed by atoms with van der Waals surface area (Å²) in [5.41, 5.74) is 2.00. The Hall–Kier alpha value is -2.37. The largest absolute Gasteiger partial charge is 0.490 e. The van der Waals surface area contributed by atoms with Gasteiger partial charge in [-0.2, -0.15) is 0 Å². The monoisotopic (exact) mass is 381 g/mol. The number of ether oxygens (including phenoxy) is 1. The zero-order chi connectivity index (χ0) is 18.5. The van der Waals surface area contributed by atoms with Crippen molar-refractivity contribution in [2.45, 2.75) is 13.0 Å². The van der Waals surface area contributed by atoms with Crippen molar-refractivity contribution in [3.63, 3.8) is 0 Å². The lowest BCUT2D eigenvalue weighted by Gasteiger charge is -2.23. The van der Waals surface area contributed by atoms with Crippen molar-refractivity contribution in [2.75, 3.05) is 6.61 Å². The number of carbonyl (C=O) groups excluding carboxylic acids is 1. The van der Waals surface area contributed by atoms with Crippen LogP contribution in [0, 0.1) is 0 Å². The van der Waals surface area contributed by atoms with Crippen LogP contribution >= 0.6 is 24.0 Å². The Kier molecular flexibility index (Phi) is 5.91. The van der Waals surface area contributed by atoms with E-state index in [1.165, 1.54) is 11.8 Å². The van der Waals surface area contributed by atoms with Gasteiger partial charge in [-0.25, -0.2) is 0 Å². The molecule has 1 aliphatic rings. The van der Waals surface area contributed by atoms with Crippen LogP contribution in [0.1, 0.15) is 24.1 Å². The molecule has 0 aromatic heterocycles. The molecule has 2 aromatic carbocycles. The summed E-state index contributed by atoms with van der Waals surface area (Å²) in [4.78, 5) is 15.2. The normalized spacial score (nSPS) is 16.8. The number of thiocarbonyl (C=S) groups is 1. The van der Waals surface area contributed by atoms with Crippen LogP contribution in [0.4, 0.5) is 0 Å². The minimum atomic E-state index is -0.0933. The Balaban J connectivity index is 1.77. The average molecular weight is 382 g/mol. The van der Waals surface area contributed by atoms with Gasteiger partial charge in [0.05, 0.1) is 10.9 Å². The van der Waals surface area contributed by atoms with Crippen LogP contribution in [0.5, 0.6) is 5.75 Å². The second-order valence-electron chi connectivity index (χ2n) is 5.81. The number of hydrogen-bond acceptors (Lipinski definition) is 4. The first-order valence-corrected chi connectivity index (χ1v) is 9.48. The molecule has 132 valence electrons. The van der Waals surface area contributed by atoms with Gasteiger partial charge in [0.2, 0.25) is 0 Å². The zero-order valence-electron chi connectivity index (χ0n) is 14.4. The number of thioether (sulfide) groups is 1. The predicted molar refractivity (Wildman–Crippen MR) is 112 cm³/mol. The highest BCUT2D eigenvalue weighted by Gasteiger charge is 2.35. The molecule has 1 heterocycles. The second-order valence-corrected chi connectivity index (χ2v) is 7.48. The highest BCUT2D eigenvalue weighted by molar-refractivity contribution is 8.26. The molecule has 0 spiro atoms. The topological polar surface area (TPSA) is 29.5 Å². The van der Waals surface area contributed by atoms with E-state index in [1.54, 1.807) is 11.0 Å². The predicted octanol–water partition coefficient (Wildman–Crippen LogP) is 5.21. The molecule has 0 unspecified atom stereocenters. The maximum atomic E-state index is 12.9. The van der Waals surface area contributed by atoms with Crippen LogP contribution in [-0.2, 0) is 4.79 Å². The highest BCUT2D eigenvalue weighted by Crippen LogP contribution is 2.38. The van der Waals surface area contributed by atoms with Gasteiger partial charge in [0.15, 0.2) is 0 Å². The van der Waals surface area contributed by atoms with Crippen molar-refractivity contribution >= 4 is 40.3 Å². The molecule has 1 atom stereocenters. The molecule has 2 aromatic rings. The van der Waals surface area contributed by atoms with Crippen LogP contribution in [-0.4, -0.2) is 21.7 Å². The van der Waals surface area contributed by atoms with E-state index in [0.29, 0.717) is 15.8 Å². The zero-order valence-corrected chi connectivity index (χ0v) is 16.1. The van der Waals surface area contributed by atoms with Crippen molar-refractivity contribution < 1.29 is 9.53 Å². The lowest BCUT2D eigenvalue weighted by atomic mass is 10.1. The third kappa shape index (κ3) is 4.06.